The lowest BCUT2D eigenvalue weighted by atomic mass is 10.1. The number of ether oxygens (including phenoxy) is 1. The van der Waals surface area contributed by atoms with Crippen LogP contribution in [0.1, 0.15) is 97.3 Å². The lowest BCUT2D eigenvalue weighted by molar-refractivity contribution is -0.143. The summed E-state index contributed by atoms with van der Waals surface area (Å²) >= 11 is 0. The van der Waals surface area contributed by atoms with Crippen LogP contribution < -0.4 is 0 Å². The van der Waals surface area contributed by atoms with E-state index in [0.717, 1.165) is 25.7 Å². The predicted octanol–water partition coefficient (Wildman–Crippen LogP) is 6.20. The molecule has 0 radical (unpaired) electrons. The van der Waals surface area contributed by atoms with E-state index in [0.29, 0.717) is 13.0 Å². The fraction of sp³-hybridized carbons (Fsp3) is 0.842. The van der Waals surface area contributed by atoms with Crippen molar-refractivity contribution in [2.75, 3.05) is 6.61 Å². The summed E-state index contributed by atoms with van der Waals surface area (Å²) in [6, 6.07) is 0. The average Bonchev–Trinajstić information content (AvgIpc) is 2.48. The van der Waals surface area contributed by atoms with Gasteiger partial charge in [0.05, 0.1) is 6.61 Å². The molecule has 0 heterocycles. The van der Waals surface area contributed by atoms with Gasteiger partial charge in [-0.05, 0) is 38.5 Å². The maximum Gasteiger partial charge on any atom is 0.305 e. The molecule has 124 valence electrons. The van der Waals surface area contributed by atoms with E-state index in [1.807, 2.05) is 0 Å². The molecule has 0 spiro atoms. The molecule has 0 rings (SSSR count). The summed E-state index contributed by atoms with van der Waals surface area (Å²) in [4.78, 5) is 11.4. The number of unbranched alkanes of at least 4 members (excludes halogenated alkanes) is 9. The van der Waals surface area contributed by atoms with Crippen molar-refractivity contribution in [3.63, 3.8) is 0 Å². The summed E-state index contributed by atoms with van der Waals surface area (Å²) in [6.07, 6.45) is 19.7. The Bertz CT molecular complexity index is 246. The highest BCUT2D eigenvalue weighted by Gasteiger charge is 2.01. The Morgan fingerprint density at radius 2 is 1.33 bits per heavy atom. The van der Waals surface area contributed by atoms with Crippen LogP contribution in [-0.2, 0) is 9.53 Å². The smallest absolute Gasteiger partial charge is 0.305 e. The maximum atomic E-state index is 11.4. The Labute approximate surface area is 132 Å². The largest absolute Gasteiger partial charge is 0.466 e. The van der Waals surface area contributed by atoms with E-state index in [-0.39, 0.29) is 5.97 Å². The van der Waals surface area contributed by atoms with Gasteiger partial charge in [-0.15, -0.1) is 0 Å². The van der Waals surface area contributed by atoms with Gasteiger partial charge in [0, 0.05) is 6.42 Å². The van der Waals surface area contributed by atoms with Gasteiger partial charge in [-0.2, -0.15) is 0 Å². The molecule has 0 bridgehead atoms. The van der Waals surface area contributed by atoms with Crippen LogP contribution in [0.2, 0.25) is 0 Å². The Morgan fingerprint density at radius 1 is 0.762 bits per heavy atom. The molecule has 0 saturated carbocycles. The topological polar surface area (TPSA) is 26.3 Å². The predicted molar refractivity (Wildman–Crippen MR) is 91.5 cm³/mol. The molecule has 0 amide bonds. The van der Waals surface area contributed by atoms with Crippen molar-refractivity contribution in [1.82, 2.24) is 0 Å². The Hall–Kier alpha value is -0.790. The van der Waals surface area contributed by atoms with E-state index in [9.17, 15) is 4.79 Å². The van der Waals surface area contributed by atoms with E-state index in [2.05, 4.69) is 26.0 Å². The van der Waals surface area contributed by atoms with Crippen LogP contribution in [0, 0.1) is 0 Å². The van der Waals surface area contributed by atoms with Crippen LogP contribution >= 0.6 is 0 Å². The SMILES string of the molecule is CCCCCC/C=C/CCCCCCC(=O)OCCCC. The molecule has 0 saturated heterocycles. The normalized spacial score (nSPS) is 11.1. The monoisotopic (exact) mass is 296 g/mol. The number of hydrogen-bond acceptors (Lipinski definition) is 2. The van der Waals surface area contributed by atoms with Gasteiger partial charge in [0.15, 0.2) is 0 Å². The van der Waals surface area contributed by atoms with Crippen molar-refractivity contribution in [3.8, 4) is 0 Å². The minimum atomic E-state index is -0.0181. The van der Waals surface area contributed by atoms with Gasteiger partial charge < -0.3 is 4.74 Å². The molecule has 0 aromatic heterocycles. The molecular formula is C19H36O2. The fourth-order valence-corrected chi connectivity index (χ4v) is 2.21. The molecule has 2 nitrogen and oxygen atoms in total. The number of rotatable bonds is 15. The van der Waals surface area contributed by atoms with E-state index in [4.69, 9.17) is 4.74 Å². The Kier molecular flexibility index (Phi) is 16.6. The van der Waals surface area contributed by atoms with Crippen LogP contribution in [0.15, 0.2) is 12.2 Å². The van der Waals surface area contributed by atoms with Crippen LogP contribution in [0.5, 0.6) is 0 Å². The molecule has 0 aromatic carbocycles. The van der Waals surface area contributed by atoms with E-state index in [1.54, 1.807) is 0 Å². The second-order valence-electron chi connectivity index (χ2n) is 5.85. The first-order valence-corrected chi connectivity index (χ1v) is 9.11. The summed E-state index contributed by atoms with van der Waals surface area (Å²) in [7, 11) is 0. The molecule has 0 unspecified atom stereocenters. The van der Waals surface area contributed by atoms with Gasteiger partial charge in [0.2, 0.25) is 0 Å². The zero-order chi connectivity index (χ0) is 15.6. The molecule has 0 N–H and O–H groups in total. The highest BCUT2D eigenvalue weighted by Crippen LogP contribution is 2.08. The van der Waals surface area contributed by atoms with Crippen LogP contribution in [-0.4, -0.2) is 12.6 Å². The average molecular weight is 296 g/mol. The first-order chi connectivity index (χ1) is 10.3. The maximum absolute atomic E-state index is 11.4. The van der Waals surface area contributed by atoms with Crippen LogP contribution in [0.3, 0.4) is 0 Å². The highest BCUT2D eigenvalue weighted by molar-refractivity contribution is 5.69. The highest BCUT2D eigenvalue weighted by atomic mass is 16.5. The molecule has 0 aliphatic rings. The minimum absolute atomic E-state index is 0.0181. The summed E-state index contributed by atoms with van der Waals surface area (Å²) < 4.78 is 5.13. The number of esters is 1. The van der Waals surface area contributed by atoms with Crippen molar-refractivity contribution >= 4 is 5.97 Å². The molecule has 2 heteroatoms. The summed E-state index contributed by atoms with van der Waals surface area (Å²) in [5, 5.41) is 0. The number of carbonyl (C=O) groups excluding carboxylic acids is 1. The number of carbonyl (C=O) groups is 1. The van der Waals surface area contributed by atoms with E-state index in [1.165, 1.54) is 51.4 Å². The Morgan fingerprint density at radius 3 is 1.95 bits per heavy atom. The fourth-order valence-electron chi connectivity index (χ4n) is 2.21. The summed E-state index contributed by atoms with van der Waals surface area (Å²) in [6.45, 7) is 4.95. The molecule has 0 fully saturated rings. The first kappa shape index (κ1) is 20.2. The van der Waals surface area contributed by atoms with Crippen molar-refractivity contribution in [2.24, 2.45) is 0 Å². The van der Waals surface area contributed by atoms with Gasteiger partial charge in [-0.3, -0.25) is 4.79 Å². The minimum Gasteiger partial charge on any atom is -0.466 e. The van der Waals surface area contributed by atoms with Gasteiger partial charge in [-0.25, -0.2) is 0 Å². The summed E-state index contributed by atoms with van der Waals surface area (Å²) in [5.74, 6) is -0.0181. The van der Waals surface area contributed by atoms with Crippen LogP contribution in [0.25, 0.3) is 0 Å². The third-order valence-electron chi connectivity index (χ3n) is 3.65. The number of allylic oxidation sites excluding steroid dienone is 2. The van der Waals surface area contributed by atoms with Gasteiger partial charge >= 0.3 is 5.97 Å². The zero-order valence-electron chi connectivity index (χ0n) is 14.4. The first-order valence-electron chi connectivity index (χ1n) is 9.11. The Balaban J connectivity index is 3.17. The molecule has 0 aliphatic heterocycles. The molecule has 0 aromatic rings. The van der Waals surface area contributed by atoms with Crippen molar-refractivity contribution in [1.29, 1.82) is 0 Å². The lowest BCUT2D eigenvalue weighted by Crippen LogP contribution is -2.05. The lowest BCUT2D eigenvalue weighted by Gasteiger charge is -2.03. The van der Waals surface area contributed by atoms with Crippen LogP contribution in [0.4, 0.5) is 0 Å². The standard InChI is InChI=1S/C19H36O2/c1-3-5-7-8-9-10-11-12-13-14-15-16-17-19(20)21-18-6-4-2/h10-11H,3-9,12-18H2,1-2H3/b11-10+. The second-order valence-corrected chi connectivity index (χ2v) is 5.85. The van der Waals surface area contributed by atoms with E-state index >= 15 is 0 Å². The van der Waals surface area contributed by atoms with Crippen molar-refractivity contribution < 1.29 is 9.53 Å². The van der Waals surface area contributed by atoms with Gasteiger partial charge in [0.25, 0.3) is 0 Å². The third-order valence-corrected chi connectivity index (χ3v) is 3.65. The molecular weight excluding hydrogens is 260 g/mol. The second kappa shape index (κ2) is 17.3. The molecule has 21 heavy (non-hydrogen) atoms. The van der Waals surface area contributed by atoms with Crippen molar-refractivity contribution in [3.05, 3.63) is 12.2 Å². The summed E-state index contributed by atoms with van der Waals surface area (Å²) in [5.41, 5.74) is 0. The van der Waals surface area contributed by atoms with Crippen molar-refractivity contribution in [2.45, 2.75) is 97.3 Å². The third kappa shape index (κ3) is 17.2. The quantitative estimate of drug-likeness (QED) is 0.204. The van der Waals surface area contributed by atoms with Gasteiger partial charge in [0.1, 0.15) is 0 Å². The van der Waals surface area contributed by atoms with Gasteiger partial charge in [-0.1, -0.05) is 64.5 Å². The molecule has 0 aliphatic carbocycles. The number of hydrogen-bond donors (Lipinski definition) is 0. The van der Waals surface area contributed by atoms with E-state index < -0.39 is 0 Å². The molecule has 0 atom stereocenters. The zero-order valence-corrected chi connectivity index (χ0v) is 14.4.